The molecule has 0 atom stereocenters. The van der Waals surface area contributed by atoms with Crippen LogP contribution in [0.1, 0.15) is 63.0 Å². The van der Waals surface area contributed by atoms with Crippen LogP contribution in [0.25, 0.3) is 22.7 Å². The lowest BCUT2D eigenvalue weighted by atomic mass is 9.87. The number of benzene rings is 2. The summed E-state index contributed by atoms with van der Waals surface area (Å²) in [5, 5.41) is 15.4. The predicted molar refractivity (Wildman–Crippen MR) is 154 cm³/mol. The Morgan fingerprint density at radius 1 is 1.05 bits per heavy atom. The quantitative estimate of drug-likeness (QED) is 0.255. The first-order chi connectivity index (χ1) is 21.0. The van der Waals surface area contributed by atoms with E-state index in [0.29, 0.717) is 36.3 Å². The molecule has 4 aromatic rings. The lowest BCUT2D eigenvalue weighted by Gasteiger charge is -2.47. The Balaban J connectivity index is 1.04. The average molecular weight is 610 g/mol. The van der Waals surface area contributed by atoms with Crippen LogP contribution in [0.2, 0.25) is 0 Å². The number of ether oxygens (including phenoxy) is 1. The maximum atomic E-state index is 14.9. The van der Waals surface area contributed by atoms with Gasteiger partial charge in [0, 0.05) is 35.8 Å². The number of piperidine rings is 1. The van der Waals surface area contributed by atoms with Gasteiger partial charge in [0.25, 0.3) is 5.89 Å². The van der Waals surface area contributed by atoms with Crippen LogP contribution in [0.3, 0.4) is 0 Å². The highest BCUT2D eigenvalue weighted by Gasteiger charge is 2.38. The van der Waals surface area contributed by atoms with E-state index < -0.39 is 23.7 Å². The highest BCUT2D eigenvalue weighted by Crippen LogP contribution is 2.33. The third kappa shape index (κ3) is 6.62. The van der Waals surface area contributed by atoms with Crippen molar-refractivity contribution in [2.45, 2.75) is 64.1 Å². The van der Waals surface area contributed by atoms with E-state index in [1.165, 1.54) is 23.8 Å². The first kappa shape index (κ1) is 29.8. The van der Waals surface area contributed by atoms with Crippen molar-refractivity contribution in [3.63, 3.8) is 0 Å². The van der Waals surface area contributed by atoms with Gasteiger partial charge in [0.05, 0.1) is 12.7 Å². The molecule has 0 N–H and O–H groups in total. The second-order valence-electron chi connectivity index (χ2n) is 12.3. The topological polar surface area (TPSA) is 102 Å². The molecule has 13 heteroatoms. The van der Waals surface area contributed by atoms with Crippen molar-refractivity contribution in [2.75, 3.05) is 26.2 Å². The zero-order chi connectivity index (χ0) is 31.0. The Morgan fingerprint density at radius 3 is 2.50 bits per heavy atom. The molecule has 0 aliphatic carbocycles. The van der Waals surface area contributed by atoms with Crippen LogP contribution in [-0.4, -0.2) is 78.9 Å². The average Bonchev–Trinajstić information content (AvgIpc) is 3.64. The summed E-state index contributed by atoms with van der Waals surface area (Å²) < 4.78 is 52.3. The highest BCUT2D eigenvalue weighted by molar-refractivity contribution is 5.69. The van der Waals surface area contributed by atoms with Crippen molar-refractivity contribution in [1.29, 1.82) is 0 Å². The number of aromatic nitrogens is 5. The van der Waals surface area contributed by atoms with E-state index in [2.05, 4.69) is 37.5 Å². The van der Waals surface area contributed by atoms with E-state index in [0.717, 1.165) is 31.5 Å². The summed E-state index contributed by atoms with van der Waals surface area (Å²) in [7, 11) is 0. The van der Waals surface area contributed by atoms with Crippen molar-refractivity contribution in [3.8, 4) is 22.7 Å². The van der Waals surface area contributed by atoms with Crippen LogP contribution in [-0.2, 0) is 11.3 Å². The fourth-order valence-electron chi connectivity index (χ4n) is 5.64. The molecule has 0 bridgehead atoms. The number of halogens is 3. The second-order valence-corrected chi connectivity index (χ2v) is 12.3. The number of likely N-dealkylation sites (tertiary alicyclic amines) is 2. The van der Waals surface area contributed by atoms with Gasteiger partial charge in [0.1, 0.15) is 17.1 Å². The minimum atomic E-state index is -2.90. The molecule has 0 saturated carbocycles. The Bertz CT molecular complexity index is 1620. The molecule has 2 aromatic heterocycles. The van der Waals surface area contributed by atoms with Gasteiger partial charge in [-0.1, -0.05) is 29.5 Å². The summed E-state index contributed by atoms with van der Waals surface area (Å²) in [4.78, 5) is 16.5. The van der Waals surface area contributed by atoms with Crippen molar-refractivity contribution in [3.05, 3.63) is 71.5 Å². The number of carbonyl (C=O) groups excluding carboxylic acids is 1. The van der Waals surface area contributed by atoms with E-state index in [1.54, 1.807) is 15.8 Å². The van der Waals surface area contributed by atoms with Gasteiger partial charge in [-0.2, -0.15) is 8.78 Å². The molecule has 44 heavy (non-hydrogen) atoms. The van der Waals surface area contributed by atoms with E-state index in [-0.39, 0.29) is 24.1 Å². The van der Waals surface area contributed by atoms with Gasteiger partial charge in [0.2, 0.25) is 5.89 Å². The molecule has 2 saturated heterocycles. The number of hydrogen-bond donors (Lipinski definition) is 0. The summed E-state index contributed by atoms with van der Waals surface area (Å²) >= 11 is 0. The zero-order valence-corrected chi connectivity index (χ0v) is 24.8. The molecule has 10 nitrogen and oxygen atoms in total. The minimum absolute atomic E-state index is 0.135. The SMILES string of the molecule is CC(C)(C)OC(=O)N1CC(N2CCC(c3cccc(-c4cn(Cc5ccc(-c6nnc(C(F)F)o6)cc5F)nn4)c3)CC2)C1. The van der Waals surface area contributed by atoms with Crippen LogP contribution in [0, 0.1) is 5.82 Å². The molecule has 2 fully saturated rings. The third-order valence-corrected chi connectivity index (χ3v) is 8.01. The first-order valence-electron chi connectivity index (χ1n) is 14.6. The minimum Gasteiger partial charge on any atom is -0.444 e. The summed E-state index contributed by atoms with van der Waals surface area (Å²) in [5.74, 6) is -1.11. The van der Waals surface area contributed by atoms with Crippen LogP contribution < -0.4 is 0 Å². The largest absolute Gasteiger partial charge is 0.444 e. The van der Waals surface area contributed by atoms with E-state index in [1.807, 2.05) is 32.9 Å². The smallest absolute Gasteiger partial charge is 0.410 e. The molecule has 1 amide bonds. The molecule has 6 rings (SSSR count). The highest BCUT2D eigenvalue weighted by atomic mass is 19.3. The number of hydrogen-bond acceptors (Lipinski definition) is 8. The molecule has 0 spiro atoms. The fraction of sp³-hybridized carbons (Fsp3) is 0.452. The Kier molecular flexibility index (Phi) is 8.14. The van der Waals surface area contributed by atoms with Gasteiger partial charge in [-0.05, 0) is 76.4 Å². The molecule has 232 valence electrons. The Labute approximate surface area is 252 Å². The zero-order valence-electron chi connectivity index (χ0n) is 24.8. The second kappa shape index (κ2) is 12.0. The van der Waals surface area contributed by atoms with Crippen molar-refractivity contribution in [2.24, 2.45) is 0 Å². The maximum Gasteiger partial charge on any atom is 0.410 e. The normalized spacial score (nSPS) is 16.8. The van der Waals surface area contributed by atoms with Gasteiger partial charge < -0.3 is 14.1 Å². The number of nitrogens with zero attached hydrogens (tertiary/aromatic N) is 7. The summed E-state index contributed by atoms with van der Waals surface area (Å²) in [6, 6.07) is 12.9. The maximum absolute atomic E-state index is 14.9. The molecular formula is C31H34F3N7O3. The predicted octanol–water partition coefficient (Wildman–Crippen LogP) is 5.92. The third-order valence-electron chi connectivity index (χ3n) is 8.01. The van der Waals surface area contributed by atoms with E-state index >= 15 is 0 Å². The number of alkyl halides is 2. The number of carbonyl (C=O) groups is 1. The van der Waals surface area contributed by atoms with Crippen molar-refractivity contribution >= 4 is 6.09 Å². The molecule has 0 radical (unpaired) electrons. The number of rotatable bonds is 7. The molecule has 2 aliphatic rings. The van der Waals surface area contributed by atoms with Gasteiger partial charge in [0.15, 0.2) is 0 Å². The van der Waals surface area contributed by atoms with Gasteiger partial charge in [-0.15, -0.1) is 15.3 Å². The van der Waals surface area contributed by atoms with Gasteiger partial charge >= 0.3 is 12.5 Å². The summed E-state index contributed by atoms with van der Waals surface area (Å²) in [5.41, 5.74) is 2.94. The van der Waals surface area contributed by atoms with Crippen LogP contribution in [0.4, 0.5) is 18.0 Å². The Hall–Kier alpha value is -4.26. The monoisotopic (exact) mass is 609 g/mol. The molecule has 4 heterocycles. The number of amides is 1. The van der Waals surface area contributed by atoms with Gasteiger partial charge in [-0.3, -0.25) is 4.90 Å². The molecular weight excluding hydrogens is 575 g/mol. The van der Waals surface area contributed by atoms with Crippen LogP contribution in [0.15, 0.2) is 53.1 Å². The fourth-order valence-corrected chi connectivity index (χ4v) is 5.64. The lowest BCUT2D eigenvalue weighted by Crippen LogP contribution is -2.62. The first-order valence-corrected chi connectivity index (χ1v) is 14.6. The Morgan fingerprint density at radius 2 is 1.82 bits per heavy atom. The molecule has 2 aliphatic heterocycles. The van der Waals surface area contributed by atoms with Crippen molar-refractivity contribution < 1.29 is 27.1 Å². The summed E-state index contributed by atoms with van der Waals surface area (Å²) in [6.07, 6.45) is 0.694. The van der Waals surface area contributed by atoms with Crippen molar-refractivity contribution in [1.82, 2.24) is 35.0 Å². The van der Waals surface area contributed by atoms with Crippen LogP contribution in [0.5, 0.6) is 0 Å². The molecule has 2 aromatic carbocycles. The lowest BCUT2D eigenvalue weighted by molar-refractivity contribution is -0.0196. The van der Waals surface area contributed by atoms with E-state index in [4.69, 9.17) is 9.15 Å². The van der Waals surface area contributed by atoms with Crippen LogP contribution >= 0.6 is 0 Å². The summed E-state index contributed by atoms with van der Waals surface area (Å²) in [6.45, 7) is 9.14. The molecule has 0 unspecified atom stereocenters. The standard InChI is InChI=1S/C31H34F3N7O3/c1-31(2,3)44-30(42)40-16-24(17-40)39-11-9-19(10-12-39)20-5-4-6-21(13-20)26-18-41(38-35-26)15-23-8-7-22(14-25(23)32)28-36-37-29(43-28)27(33)34/h4-8,13-14,18-19,24,27H,9-12,15-17H2,1-3H3. The van der Waals surface area contributed by atoms with Gasteiger partial charge in [-0.25, -0.2) is 13.9 Å². The van der Waals surface area contributed by atoms with E-state index in [9.17, 15) is 18.0 Å².